The van der Waals surface area contributed by atoms with Crippen molar-refractivity contribution in [2.24, 2.45) is 11.8 Å². The van der Waals surface area contributed by atoms with Gasteiger partial charge in [0.25, 0.3) is 0 Å². The first-order valence-electron chi connectivity index (χ1n) is 4.48. The van der Waals surface area contributed by atoms with Crippen molar-refractivity contribution in [3.63, 3.8) is 0 Å². The summed E-state index contributed by atoms with van der Waals surface area (Å²) in [4.78, 5) is 24.1. The highest BCUT2D eigenvalue weighted by atomic mass is 16.3. The molecule has 3 atom stereocenters. The van der Waals surface area contributed by atoms with Gasteiger partial charge in [-0.15, -0.1) is 0 Å². The second-order valence-electron chi connectivity index (χ2n) is 3.71. The highest BCUT2D eigenvalue weighted by molar-refractivity contribution is 6.04. The first kappa shape index (κ1) is 10.2. The summed E-state index contributed by atoms with van der Waals surface area (Å²) in [7, 11) is 0. The van der Waals surface area contributed by atoms with Gasteiger partial charge in [-0.05, 0) is 6.92 Å². The van der Waals surface area contributed by atoms with Crippen LogP contribution in [-0.2, 0) is 9.59 Å². The van der Waals surface area contributed by atoms with Crippen LogP contribution in [0.3, 0.4) is 0 Å². The predicted molar refractivity (Wildman–Crippen MR) is 46.7 cm³/mol. The van der Waals surface area contributed by atoms with Crippen molar-refractivity contribution in [1.29, 1.82) is 0 Å². The largest absolute Gasteiger partial charge is 0.392 e. The van der Waals surface area contributed by atoms with Crippen LogP contribution >= 0.6 is 0 Å². The highest BCUT2D eigenvalue weighted by Crippen LogP contribution is 2.25. The molecule has 0 aliphatic carbocycles. The van der Waals surface area contributed by atoms with Crippen molar-refractivity contribution in [2.75, 3.05) is 6.54 Å². The van der Waals surface area contributed by atoms with Gasteiger partial charge in [-0.2, -0.15) is 0 Å². The molecule has 0 aromatic heterocycles. The molecule has 74 valence electrons. The molecule has 0 bridgehead atoms. The van der Waals surface area contributed by atoms with Crippen LogP contribution in [0.5, 0.6) is 0 Å². The lowest BCUT2D eigenvalue weighted by Gasteiger charge is -2.15. The minimum Gasteiger partial charge on any atom is -0.392 e. The Morgan fingerprint density at radius 3 is 2.00 bits per heavy atom. The number of hydrogen-bond acceptors (Lipinski definition) is 3. The van der Waals surface area contributed by atoms with E-state index in [2.05, 4.69) is 0 Å². The van der Waals surface area contributed by atoms with Gasteiger partial charge >= 0.3 is 0 Å². The summed E-state index contributed by atoms with van der Waals surface area (Å²) < 4.78 is 0. The molecule has 1 aliphatic heterocycles. The third kappa shape index (κ3) is 1.72. The van der Waals surface area contributed by atoms with E-state index in [1.807, 2.05) is 0 Å². The van der Waals surface area contributed by atoms with Gasteiger partial charge in [0, 0.05) is 11.8 Å². The molecule has 1 fully saturated rings. The van der Waals surface area contributed by atoms with E-state index < -0.39 is 6.10 Å². The molecule has 1 N–H and O–H groups in total. The quantitative estimate of drug-likeness (QED) is 0.616. The van der Waals surface area contributed by atoms with Gasteiger partial charge in [0.15, 0.2) is 0 Å². The van der Waals surface area contributed by atoms with Crippen LogP contribution in [-0.4, -0.2) is 34.5 Å². The van der Waals surface area contributed by atoms with E-state index in [1.165, 1.54) is 0 Å². The summed E-state index contributed by atoms with van der Waals surface area (Å²) in [6.07, 6.45) is -0.648. The third-order valence-corrected chi connectivity index (χ3v) is 2.51. The van der Waals surface area contributed by atoms with Crippen molar-refractivity contribution >= 4 is 11.8 Å². The van der Waals surface area contributed by atoms with Gasteiger partial charge in [-0.3, -0.25) is 14.5 Å². The van der Waals surface area contributed by atoms with Crippen LogP contribution in [0.15, 0.2) is 0 Å². The summed E-state index contributed by atoms with van der Waals surface area (Å²) in [6.45, 7) is 5.17. The van der Waals surface area contributed by atoms with E-state index in [1.54, 1.807) is 20.8 Å². The Balaban J connectivity index is 2.76. The van der Waals surface area contributed by atoms with Crippen LogP contribution in [0.25, 0.3) is 0 Å². The lowest BCUT2D eigenvalue weighted by Crippen LogP contribution is -2.36. The topological polar surface area (TPSA) is 57.6 Å². The standard InChI is InChI=1S/C9H15NO3/c1-5(11)4-10-8(12)6(2)7(3)9(10)13/h5-7,11H,4H2,1-3H3. The van der Waals surface area contributed by atoms with Gasteiger partial charge in [0.2, 0.25) is 11.8 Å². The number of aliphatic hydroxyl groups excluding tert-OH is 1. The monoisotopic (exact) mass is 185 g/mol. The summed E-state index contributed by atoms with van der Waals surface area (Å²) >= 11 is 0. The second kappa shape index (κ2) is 3.46. The minimum atomic E-state index is -0.648. The average molecular weight is 185 g/mol. The Kier molecular flexibility index (Phi) is 2.71. The molecule has 1 rings (SSSR count). The van der Waals surface area contributed by atoms with Crippen LogP contribution in [0.1, 0.15) is 20.8 Å². The predicted octanol–water partition coefficient (Wildman–Crippen LogP) is 0.00820. The molecule has 0 saturated carbocycles. The number of carbonyl (C=O) groups is 2. The Bertz CT molecular complexity index is 217. The fourth-order valence-corrected chi connectivity index (χ4v) is 1.47. The fourth-order valence-electron chi connectivity index (χ4n) is 1.47. The molecule has 0 spiro atoms. The Labute approximate surface area is 77.5 Å². The number of rotatable bonds is 2. The molecule has 4 nitrogen and oxygen atoms in total. The molecule has 1 saturated heterocycles. The molecular formula is C9H15NO3. The van der Waals surface area contributed by atoms with E-state index in [4.69, 9.17) is 5.11 Å². The summed E-state index contributed by atoms with van der Waals surface area (Å²) in [6, 6.07) is 0. The normalized spacial score (nSPS) is 31.2. The molecule has 1 aliphatic rings. The SMILES string of the molecule is CC(O)CN1C(=O)C(C)C(C)C1=O. The Morgan fingerprint density at radius 1 is 1.31 bits per heavy atom. The van der Waals surface area contributed by atoms with Crippen molar-refractivity contribution < 1.29 is 14.7 Å². The van der Waals surface area contributed by atoms with Crippen LogP contribution in [0.2, 0.25) is 0 Å². The number of amides is 2. The highest BCUT2D eigenvalue weighted by Gasteiger charge is 2.42. The maximum absolute atomic E-state index is 11.5. The van der Waals surface area contributed by atoms with Crippen molar-refractivity contribution in [1.82, 2.24) is 4.90 Å². The summed E-state index contributed by atoms with van der Waals surface area (Å²) in [5.41, 5.74) is 0. The zero-order valence-electron chi connectivity index (χ0n) is 8.15. The number of aliphatic hydroxyl groups is 1. The third-order valence-electron chi connectivity index (χ3n) is 2.51. The van der Waals surface area contributed by atoms with Gasteiger partial charge in [-0.25, -0.2) is 0 Å². The lowest BCUT2D eigenvalue weighted by atomic mass is 10.00. The molecule has 0 aromatic rings. The molecule has 0 aromatic carbocycles. The number of imide groups is 1. The zero-order chi connectivity index (χ0) is 10.2. The molecule has 0 radical (unpaired) electrons. The first-order chi connectivity index (χ1) is 5.95. The van der Waals surface area contributed by atoms with E-state index in [-0.39, 0.29) is 30.2 Å². The number of hydrogen-bond donors (Lipinski definition) is 1. The van der Waals surface area contributed by atoms with Crippen LogP contribution in [0, 0.1) is 11.8 Å². The Hall–Kier alpha value is -0.900. The van der Waals surface area contributed by atoms with Gasteiger partial charge in [-0.1, -0.05) is 13.8 Å². The van der Waals surface area contributed by atoms with Gasteiger partial charge in [0.05, 0.1) is 12.6 Å². The zero-order valence-corrected chi connectivity index (χ0v) is 8.15. The molecule has 13 heavy (non-hydrogen) atoms. The van der Waals surface area contributed by atoms with E-state index >= 15 is 0 Å². The van der Waals surface area contributed by atoms with Gasteiger partial charge in [0.1, 0.15) is 0 Å². The van der Waals surface area contributed by atoms with Gasteiger partial charge < -0.3 is 5.11 Å². The van der Waals surface area contributed by atoms with Crippen LogP contribution < -0.4 is 0 Å². The first-order valence-corrected chi connectivity index (χ1v) is 4.48. The van der Waals surface area contributed by atoms with Crippen LogP contribution in [0.4, 0.5) is 0 Å². The van der Waals surface area contributed by atoms with E-state index in [9.17, 15) is 9.59 Å². The van der Waals surface area contributed by atoms with E-state index in [0.717, 1.165) is 4.90 Å². The summed E-state index contributed by atoms with van der Waals surface area (Å²) in [5, 5.41) is 9.07. The molecular weight excluding hydrogens is 170 g/mol. The van der Waals surface area contributed by atoms with E-state index in [0.29, 0.717) is 0 Å². The maximum atomic E-state index is 11.5. The van der Waals surface area contributed by atoms with Crippen molar-refractivity contribution in [2.45, 2.75) is 26.9 Å². The molecule has 2 amide bonds. The van der Waals surface area contributed by atoms with Crippen molar-refractivity contribution in [3.05, 3.63) is 0 Å². The number of likely N-dealkylation sites (tertiary alicyclic amines) is 1. The van der Waals surface area contributed by atoms with Crippen molar-refractivity contribution in [3.8, 4) is 0 Å². The maximum Gasteiger partial charge on any atom is 0.232 e. The number of carbonyl (C=O) groups excluding carboxylic acids is 2. The molecule has 4 heteroatoms. The number of β-amino-alcohol motifs (C(OH)–C–C–N with tert-alkyl or cyclic N) is 1. The Morgan fingerprint density at radius 2 is 1.69 bits per heavy atom. The number of nitrogens with zero attached hydrogens (tertiary/aromatic N) is 1. The fraction of sp³-hybridized carbons (Fsp3) is 0.778. The smallest absolute Gasteiger partial charge is 0.232 e. The lowest BCUT2D eigenvalue weighted by molar-refractivity contribution is -0.141. The summed E-state index contributed by atoms with van der Waals surface area (Å²) in [5.74, 6) is -0.825. The second-order valence-corrected chi connectivity index (χ2v) is 3.71. The minimum absolute atomic E-state index is 0.117. The molecule has 1 heterocycles. The molecule has 3 unspecified atom stereocenters. The average Bonchev–Trinajstić information content (AvgIpc) is 2.22.